The molecule has 0 bridgehead atoms. The molecule has 1 aliphatic rings. The number of allylic oxidation sites excluding steroid dienone is 1. The molecule has 0 aliphatic carbocycles. The number of carboxylic acids is 1. The quantitative estimate of drug-likeness (QED) is 0.508. The number of fused-ring (bicyclic) bond motifs is 1. The third kappa shape index (κ3) is 4.20. The molecule has 3 aromatic carbocycles. The zero-order valence-corrected chi connectivity index (χ0v) is 17.6. The van der Waals surface area contributed by atoms with E-state index in [-0.39, 0.29) is 11.7 Å². The number of aliphatic carboxylic acids is 1. The maximum Gasteiger partial charge on any atom is 0.327 e. The van der Waals surface area contributed by atoms with Crippen molar-refractivity contribution in [3.8, 4) is 11.1 Å². The van der Waals surface area contributed by atoms with Crippen LogP contribution in [0.5, 0.6) is 0 Å². The Bertz CT molecular complexity index is 1140. The van der Waals surface area contributed by atoms with Crippen LogP contribution >= 0.6 is 12.6 Å². The summed E-state index contributed by atoms with van der Waals surface area (Å²) in [6.45, 7) is 0. The summed E-state index contributed by atoms with van der Waals surface area (Å²) in [5.74, 6) is -0.703. The van der Waals surface area contributed by atoms with E-state index in [0.717, 1.165) is 22.4 Å². The van der Waals surface area contributed by atoms with Gasteiger partial charge in [0.25, 0.3) is 5.91 Å². The van der Waals surface area contributed by atoms with Crippen LogP contribution in [0.4, 0.5) is 5.69 Å². The molecule has 0 radical (unpaired) electrons. The third-order valence-corrected chi connectivity index (χ3v) is 5.60. The van der Waals surface area contributed by atoms with Crippen LogP contribution in [0.15, 0.2) is 90.8 Å². The van der Waals surface area contributed by atoms with Crippen LogP contribution < -0.4 is 10.2 Å². The van der Waals surface area contributed by atoms with E-state index in [1.54, 1.807) is 11.0 Å². The minimum Gasteiger partial charge on any atom is -0.480 e. The highest BCUT2D eigenvalue weighted by atomic mass is 32.1. The van der Waals surface area contributed by atoms with Crippen LogP contribution in [-0.2, 0) is 11.2 Å². The van der Waals surface area contributed by atoms with Crippen molar-refractivity contribution in [1.29, 1.82) is 0 Å². The molecule has 1 heterocycles. The van der Waals surface area contributed by atoms with Crippen molar-refractivity contribution in [2.45, 2.75) is 12.5 Å². The lowest BCUT2D eigenvalue weighted by Crippen LogP contribution is -2.46. The van der Waals surface area contributed by atoms with Crippen molar-refractivity contribution >= 4 is 30.2 Å². The summed E-state index contributed by atoms with van der Waals surface area (Å²) in [6.07, 6.45) is 2.45. The number of benzene rings is 3. The SMILES string of the molecule is O=C(O)[C@@H](CS)NC1=CCc2ccccc2N1C(=O)c1ccccc1-c1ccccc1. The number of nitrogens with one attached hydrogen (secondary N) is 1. The van der Waals surface area contributed by atoms with Gasteiger partial charge in [-0.1, -0.05) is 66.7 Å². The monoisotopic (exact) mass is 430 g/mol. The number of amides is 1. The van der Waals surface area contributed by atoms with Gasteiger partial charge in [0, 0.05) is 11.3 Å². The second-order valence-electron chi connectivity index (χ2n) is 7.19. The molecule has 0 saturated heterocycles. The van der Waals surface area contributed by atoms with Crippen molar-refractivity contribution < 1.29 is 14.7 Å². The van der Waals surface area contributed by atoms with Crippen molar-refractivity contribution in [2.24, 2.45) is 0 Å². The van der Waals surface area contributed by atoms with Crippen LogP contribution in [0.3, 0.4) is 0 Å². The number of rotatable bonds is 6. The van der Waals surface area contributed by atoms with Gasteiger partial charge >= 0.3 is 5.97 Å². The highest BCUT2D eigenvalue weighted by molar-refractivity contribution is 7.80. The smallest absolute Gasteiger partial charge is 0.327 e. The standard InChI is InChI=1S/C25H22N2O3S/c28-24(20-12-6-5-11-19(20)17-8-2-1-3-9-17)27-22-13-7-4-10-18(22)14-15-23(27)26-21(16-31)25(29)30/h1-13,15,21,26,31H,14,16H2,(H,29,30)/t21-/m1/s1. The molecule has 156 valence electrons. The van der Waals surface area contributed by atoms with Crippen LogP contribution in [0.25, 0.3) is 11.1 Å². The van der Waals surface area contributed by atoms with Crippen molar-refractivity contribution in [2.75, 3.05) is 10.7 Å². The molecule has 2 N–H and O–H groups in total. The van der Waals surface area contributed by atoms with Gasteiger partial charge in [-0.3, -0.25) is 9.69 Å². The third-order valence-electron chi connectivity index (χ3n) is 5.24. The molecule has 31 heavy (non-hydrogen) atoms. The van der Waals surface area contributed by atoms with Gasteiger partial charge in [-0.15, -0.1) is 0 Å². The first-order chi connectivity index (χ1) is 15.1. The average Bonchev–Trinajstić information content (AvgIpc) is 2.82. The number of hydrogen-bond acceptors (Lipinski definition) is 4. The Morgan fingerprint density at radius 2 is 1.65 bits per heavy atom. The van der Waals surface area contributed by atoms with E-state index >= 15 is 0 Å². The Morgan fingerprint density at radius 3 is 2.39 bits per heavy atom. The van der Waals surface area contributed by atoms with Crippen molar-refractivity contribution in [3.63, 3.8) is 0 Å². The van der Waals surface area contributed by atoms with E-state index in [4.69, 9.17) is 0 Å². The number of carbonyl (C=O) groups is 2. The molecule has 0 unspecified atom stereocenters. The summed E-state index contributed by atoms with van der Waals surface area (Å²) in [7, 11) is 0. The van der Waals surface area contributed by atoms with Gasteiger partial charge in [0.05, 0.1) is 5.69 Å². The lowest BCUT2D eigenvalue weighted by atomic mass is 9.97. The highest BCUT2D eigenvalue weighted by Crippen LogP contribution is 2.33. The number of hydrogen-bond donors (Lipinski definition) is 3. The highest BCUT2D eigenvalue weighted by Gasteiger charge is 2.30. The van der Waals surface area contributed by atoms with Gasteiger partial charge in [0.15, 0.2) is 0 Å². The largest absolute Gasteiger partial charge is 0.480 e. The minimum atomic E-state index is -1.02. The molecular weight excluding hydrogens is 408 g/mol. The van der Waals surface area contributed by atoms with Gasteiger partial charge in [0.2, 0.25) is 0 Å². The molecule has 6 heteroatoms. The van der Waals surface area contributed by atoms with Crippen molar-refractivity contribution in [1.82, 2.24) is 5.32 Å². The zero-order valence-electron chi connectivity index (χ0n) is 16.7. The number of thiol groups is 1. The predicted octanol–water partition coefficient (Wildman–Crippen LogP) is 4.37. The van der Waals surface area contributed by atoms with Gasteiger partial charge in [-0.25, -0.2) is 4.79 Å². The first-order valence-electron chi connectivity index (χ1n) is 9.97. The Morgan fingerprint density at radius 1 is 0.968 bits per heavy atom. The number of para-hydroxylation sites is 1. The number of anilines is 1. The number of carbonyl (C=O) groups excluding carboxylic acids is 1. The summed E-state index contributed by atoms with van der Waals surface area (Å²) in [4.78, 5) is 27.0. The lowest BCUT2D eigenvalue weighted by Gasteiger charge is -2.33. The molecule has 1 amide bonds. The fourth-order valence-electron chi connectivity index (χ4n) is 3.70. The summed E-state index contributed by atoms with van der Waals surface area (Å²) in [6, 6.07) is 23.9. The molecule has 0 fully saturated rings. The molecule has 1 atom stereocenters. The van der Waals surface area contributed by atoms with Gasteiger partial charge < -0.3 is 10.4 Å². The van der Waals surface area contributed by atoms with Gasteiger partial charge in [-0.2, -0.15) is 12.6 Å². The van der Waals surface area contributed by atoms with E-state index in [2.05, 4.69) is 17.9 Å². The van der Waals surface area contributed by atoms with E-state index < -0.39 is 12.0 Å². The minimum absolute atomic E-state index is 0.0942. The summed E-state index contributed by atoms with van der Waals surface area (Å²) < 4.78 is 0. The number of nitrogens with zero attached hydrogens (tertiary/aromatic N) is 1. The summed E-state index contributed by atoms with van der Waals surface area (Å²) >= 11 is 4.15. The predicted molar refractivity (Wildman–Crippen MR) is 125 cm³/mol. The van der Waals surface area contributed by atoms with E-state index in [0.29, 0.717) is 17.8 Å². The first kappa shape index (κ1) is 20.8. The first-order valence-corrected chi connectivity index (χ1v) is 10.6. The van der Waals surface area contributed by atoms with Crippen LogP contribution in [0.1, 0.15) is 15.9 Å². The summed E-state index contributed by atoms with van der Waals surface area (Å²) in [5, 5.41) is 12.5. The maximum absolute atomic E-state index is 13.9. The summed E-state index contributed by atoms with van der Waals surface area (Å²) in [5.41, 5.74) is 4.03. The fourth-order valence-corrected chi connectivity index (χ4v) is 3.94. The maximum atomic E-state index is 13.9. The van der Waals surface area contributed by atoms with Crippen molar-refractivity contribution in [3.05, 3.63) is 102 Å². The molecule has 0 aromatic heterocycles. The van der Waals surface area contributed by atoms with Crippen LogP contribution in [0.2, 0.25) is 0 Å². The second kappa shape index (κ2) is 9.10. The zero-order chi connectivity index (χ0) is 21.8. The van der Waals surface area contributed by atoms with Crippen LogP contribution in [0, 0.1) is 0 Å². The number of carboxylic acid groups (broad SMARTS) is 1. The lowest BCUT2D eigenvalue weighted by molar-refractivity contribution is -0.138. The topological polar surface area (TPSA) is 69.6 Å². The van der Waals surface area contributed by atoms with Crippen LogP contribution in [-0.4, -0.2) is 28.8 Å². The van der Waals surface area contributed by atoms with E-state index in [1.807, 2.05) is 78.9 Å². The second-order valence-corrected chi connectivity index (χ2v) is 7.56. The molecule has 3 aromatic rings. The van der Waals surface area contributed by atoms with Gasteiger partial charge in [0.1, 0.15) is 11.9 Å². The molecule has 5 nitrogen and oxygen atoms in total. The fraction of sp³-hybridized carbons (Fsp3) is 0.120. The van der Waals surface area contributed by atoms with E-state index in [9.17, 15) is 14.7 Å². The van der Waals surface area contributed by atoms with E-state index in [1.165, 1.54) is 0 Å². The molecular formula is C25H22N2O3S. The molecule has 1 aliphatic heterocycles. The Hall–Kier alpha value is -3.51. The Kier molecular flexibility index (Phi) is 6.09. The Balaban J connectivity index is 1.80. The molecule has 0 saturated carbocycles. The molecule has 0 spiro atoms. The van der Waals surface area contributed by atoms with Gasteiger partial charge in [-0.05, 0) is 41.3 Å². The molecule has 4 rings (SSSR count). The average molecular weight is 431 g/mol. The Labute approximate surface area is 186 Å². The normalized spacial score (nSPS) is 13.7.